The van der Waals surface area contributed by atoms with Crippen LogP contribution in [-0.2, 0) is 13.6 Å². The van der Waals surface area contributed by atoms with Crippen molar-refractivity contribution in [2.45, 2.75) is 26.5 Å². The maximum atomic E-state index is 14.6. The van der Waals surface area contributed by atoms with Crippen molar-refractivity contribution in [1.29, 1.82) is 0 Å². The highest BCUT2D eigenvalue weighted by Crippen LogP contribution is 2.23. The standard InChI is InChI=1S/C25H23ClFN5O4/c1-15(2)36-21-10-8-18(12-20(21)27)29-23-30(3)24(34)32(19-9-11-22(33)28-13-19)25(35)31(23)14-16-4-6-17(26)7-5-16/h4-13,15H,14H2,1-3H3,(H,28,33). The second-order valence-electron chi connectivity index (χ2n) is 8.28. The summed E-state index contributed by atoms with van der Waals surface area (Å²) in [5.41, 5.74) is -0.690. The number of halogens is 2. The minimum Gasteiger partial charge on any atom is -0.488 e. The van der Waals surface area contributed by atoms with Gasteiger partial charge in [0.25, 0.3) is 0 Å². The number of H-pyrrole nitrogens is 1. The second kappa shape index (κ2) is 10.2. The van der Waals surface area contributed by atoms with Gasteiger partial charge < -0.3 is 9.72 Å². The monoisotopic (exact) mass is 511 g/mol. The van der Waals surface area contributed by atoms with Gasteiger partial charge in [-0.3, -0.25) is 13.9 Å². The highest BCUT2D eigenvalue weighted by molar-refractivity contribution is 6.30. The van der Waals surface area contributed by atoms with Crippen LogP contribution in [0.15, 0.2) is 80.2 Å². The van der Waals surface area contributed by atoms with Crippen LogP contribution < -0.4 is 27.3 Å². The van der Waals surface area contributed by atoms with Crippen LogP contribution in [0.4, 0.5) is 10.1 Å². The fraction of sp³-hybridized carbons (Fsp3) is 0.200. The summed E-state index contributed by atoms with van der Waals surface area (Å²) in [6.07, 6.45) is 1.06. The minimum absolute atomic E-state index is 0.00227. The summed E-state index contributed by atoms with van der Waals surface area (Å²) in [5, 5.41) is 0.527. The van der Waals surface area contributed by atoms with Gasteiger partial charge in [0, 0.05) is 30.4 Å². The van der Waals surface area contributed by atoms with Gasteiger partial charge in [0.05, 0.1) is 24.0 Å². The molecule has 0 amide bonds. The highest BCUT2D eigenvalue weighted by atomic mass is 35.5. The summed E-state index contributed by atoms with van der Waals surface area (Å²) in [5.74, 6) is -0.554. The van der Waals surface area contributed by atoms with Crippen LogP contribution >= 0.6 is 11.6 Å². The Bertz CT molecular complexity index is 1650. The van der Waals surface area contributed by atoms with E-state index < -0.39 is 17.2 Å². The molecule has 36 heavy (non-hydrogen) atoms. The zero-order chi connectivity index (χ0) is 26.0. The van der Waals surface area contributed by atoms with E-state index in [4.69, 9.17) is 16.3 Å². The molecule has 4 rings (SSSR count). The van der Waals surface area contributed by atoms with Gasteiger partial charge in [-0.05, 0) is 49.7 Å². The summed E-state index contributed by atoms with van der Waals surface area (Å²) in [7, 11) is 1.45. The third kappa shape index (κ3) is 5.23. The Balaban J connectivity index is 1.96. The molecule has 0 aliphatic heterocycles. The molecule has 0 aliphatic rings. The number of nitrogens with zero attached hydrogens (tertiary/aromatic N) is 4. The smallest absolute Gasteiger partial charge is 0.340 e. The quantitative estimate of drug-likeness (QED) is 0.430. The molecule has 2 aromatic heterocycles. The van der Waals surface area contributed by atoms with Crippen molar-refractivity contribution in [2.75, 3.05) is 0 Å². The first-order chi connectivity index (χ1) is 17.1. The van der Waals surface area contributed by atoms with Crippen LogP contribution in [0, 0.1) is 5.82 Å². The largest absolute Gasteiger partial charge is 0.488 e. The molecule has 11 heteroatoms. The number of aromatic nitrogens is 4. The number of aromatic amines is 1. The predicted octanol–water partition coefficient (Wildman–Crippen LogP) is 2.89. The maximum Gasteiger partial charge on any atom is 0.340 e. The van der Waals surface area contributed by atoms with Crippen molar-refractivity contribution in [3.05, 3.63) is 114 Å². The fourth-order valence-corrected chi connectivity index (χ4v) is 3.66. The lowest BCUT2D eigenvalue weighted by molar-refractivity contribution is 0.231. The van der Waals surface area contributed by atoms with E-state index >= 15 is 0 Å². The van der Waals surface area contributed by atoms with E-state index in [1.165, 1.54) is 52.7 Å². The molecule has 0 atom stereocenters. The lowest BCUT2D eigenvalue weighted by atomic mass is 10.2. The first-order valence-corrected chi connectivity index (χ1v) is 11.4. The Hall–Kier alpha value is -4.18. The van der Waals surface area contributed by atoms with E-state index in [1.54, 1.807) is 38.1 Å². The van der Waals surface area contributed by atoms with Crippen LogP contribution in [0.5, 0.6) is 5.75 Å². The van der Waals surface area contributed by atoms with Crippen molar-refractivity contribution in [3.63, 3.8) is 0 Å². The molecule has 0 unspecified atom stereocenters. The summed E-state index contributed by atoms with van der Waals surface area (Å²) >= 11 is 6.00. The van der Waals surface area contributed by atoms with Crippen molar-refractivity contribution in [3.8, 4) is 11.4 Å². The predicted molar refractivity (Wildman–Crippen MR) is 134 cm³/mol. The molecule has 0 saturated heterocycles. The van der Waals surface area contributed by atoms with Gasteiger partial charge in [0.15, 0.2) is 11.6 Å². The van der Waals surface area contributed by atoms with E-state index in [0.717, 1.165) is 10.1 Å². The van der Waals surface area contributed by atoms with Gasteiger partial charge in [0.2, 0.25) is 11.2 Å². The van der Waals surface area contributed by atoms with Crippen LogP contribution in [0.25, 0.3) is 5.69 Å². The number of hydrogen-bond donors (Lipinski definition) is 1. The Morgan fingerprint density at radius 2 is 1.75 bits per heavy atom. The molecule has 0 aliphatic carbocycles. The van der Waals surface area contributed by atoms with Crippen LogP contribution in [0.3, 0.4) is 0 Å². The van der Waals surface area contributed by atoms with Gasteiger partial charge in [-0.25, -0.2) is 23.5 Å². The van der Waals surface area contributed by atoms with Crippen molar-refractivity contribution >= 4 is 17.3 Å². The molecule has 0 spiro atoms. The third-order valence-corrected chi connectivity index (χ3v) is 5.48. The first kappa shape index (κ1) is 24.9. The molecule has 2 heterocycles. The lowest BCUT2D eigenvalue weighted by Crippen LogP contribution is -2.53. The van der Waals surface area contributed by atoms with Crippen molar-refractivity contribution < 1.29 is 9.13 Å². The zero-order valence-corrected chi connectivity index (χ0v) is 20.5. The molecule has 0 radical (unpaired) electrons. The minimum atomic E-state index is -0.696. The van der Waals surface area contributed by atoms with Crippen LogP contribution in [-0.4, -0.2) is 24.8 Å². The van der Waals surface area contributed by atoms with Gasteiger partial charge in [-0.2, -0.15) is 0 Å². The van der Waals surface area contributed by atoms with Gasteiger partial charge in [0.1, 0.15) is 0 Å². The Morgan fingerprint density at radius 1 is 1.03 bits per heavy atom. The molecule has 4 aromatic rings. The van der Waals surface area contributed by atoms with Crippen LogP contribution in [0.2, 0.25) is 5.02 Å². The molecular weight excluding hydrogens is 489 g/mol. The van der Waals surface area contributed by atoms with E-state index in [-0.39, 0.29) is 41.0 Å². The molecule has 0 bridgehead atoms. The molecule has 0 fully saturated rings. The maximum absolute atomic E-state index is 14.6. The fourth-order valence-electron chi connectivity index (χ4n) is 3.54. The molecular formula is C25H23ClFN5O4. The number of benzene rings is 2. The Labute approximate surface area is 209 Å². The van der Waals surface area contributed by atoms with Crippen molar-refractivity contribution in [2.24, 2.45) is 12.0 Å². The highest BCUT2D eigenvalue weighted by Gasteiger charge is 2.15. The number of pyridine rings is 1. The summed E-state index contributed by atoms with van der Waals surface area (Å²) in [4.78, 5) is 45.2. The van der Waals surface area contributed by atoms with E-state index in [0.29, 0.717) is 5.02 Å². The van der Waals surface area contributed by atoms with E-state index in [2.05, 4.69) is 9.98 Å². The lowest BCUT2D eigenvalue weighted by Gasteiger charge is -2.14. The topological polar surface area (TPSA) is 103 Å². The van der Waals surface area contributed by atoms with Crippen LogP contribution in [0.1, 0.15) is 19.4 Å². The van der Waals surface area contributed by atoms with Gasteiger partial charge >= 0.3 is 11.4 Å². The SMILES string of the molecule is CC(C)Oc1ccc(N=c2n(C)c(=O)n(-c3ccc(=O)[nH]c3)c(=O)n2Cc2ccc(Cl)cc2)cc1F. The average molecular weight is 512 g/mol. The number of hydrogen-bond acceptors (Lipinski definition) is 5. The number of nitrogens with one attached hydrogen (secondary N) is 1. The second-order valence-corrected chi connectivity index (χ2v) is 8.71. The number of ether oxygens (including phenoxy) is 1. The normalized spacial score (nSPS) is 11.8. The number of rotatable bonds is 6. The van der Waals surface area contributed by atoms with E-state index in [9.17, 15) is 18.8 Å². The Morgan fingerprint density at radius 3 is 2.36 bits per heavy atom. The third-order valence-electron chi connectivity index (χ3n) is 5.23. The molecule has 2 aromatic carbocycles. The molecule has 9 nitrogen and oxygen atoms in total. The summed E-state index contributed by atoms with van der Waals surface area (Å²) in [6, 6.07) is 13.6. The average Bonchev–Trinajstić information content (AvgIpc) is 2.84. The summed E-state index contributed by atoms with van der Waals surface area (Å²) < 4.78 is 23.4. The molecule has 1 N–H and O–H groups in total. The summed E-state index contributed by atoms with van der Waals surface area (Å²) in [6.45, 7) is 3.61. The van der Waals surface area contributed by atoms with Gasteiger partial charge in [-0.15, -0.1) is 0 Å². The van der Waals surface area contributed by atoms with Gasteiger partial charge in [-0.1, -0.05) is 23.7 Å². The Kier molecular flexibility index (Phi) is 7.07. The molecule has 0 saturated carbocycles. The van der Waals surface area contributed by atoms with Crippen molar-refractivity contribution in [1.82, 2.24) is 18.7 Å². The zero-order valence-electron chi connectivity index (χ0n) is 19.7. The molecule has 186 valence electrons. The first-order valence-electron chi connectivity index (χ1n) is 11.0. The van der Waals surface area contributed by atoms with E-state index in [1.807, 2.05) is 0 Å².